The largest absolute Gasteiger partial charge is 0.483 e. The summed E-state index contributed by atoms with van der Waals surface area (Å²) in [4.78, 5) is 16.5. The van der Waals surface area contributed by atoms with Crippen molar-refractivity contribution < 1.29 is 14.1 Å². The smallest absolute Gasteiger partial charge is 0.260 e. The van der Waals surface area contributed by atoms with Crippen molar-refractivity contribution in [1.29, 1.82) is 0 Å². The summed E-state index contributed by atoms with van der Waals surface area (Å²) >= 11 is 0. The van der Waals surface area contributed by atoms with Crippen molar-refractivity contribution in [2.75, 3.05) is 32.8 Å². The Kier molecular flexibility index (Phi) is 5.38. The fourth-order valence-corrected chi connectivity index (χ4v) is 2.97. The molecule has 3 rings (SSSR count). The number of amides is 1. The Morgan fingerprint density at radius 3 is 2.60 bits per heavy atom. The second kappa shape index (κ2) is 7.70. The van der Waals surface area contributed by atoms with Gasteiger partial charge in [0.25, 0.3) is 5.91 Å². The molecule has 1 aromatic carbocycles. The normalized spacial score (nSPS) is 15.4. The van der Waals surface area contributed by atoms with Crippen LogP contribution in [-0.4, -0.2) is 53.6 Å². The van der Waals surface area contributed by atoms with Crippen LogP contribution in [0.4, 0.5) is 0 Å². The second-order valence-corrected chi connectivity index (χ2v) is 6.64. The van der Waals surface area contributed by atoms with Crippen molar-refractivity contribution in [3.05, 3.63) is 46.8 Å². The number of benzene rings is 1. The Morgan fingerprint density at radius 1 is 1.16 bits per heavy atom. The maximum atomic E-state index is 12.4. The first-order valence-corrected chi connectivity index (χ1v) is 8.63. The van der Waals surface area contributed by atoms with E-state index in [2.05, 4.69) is 10.1 Å². The predicted molar refractivity (Wildman–Crippen MR) is 94.5 cm³/mol. The summed E-state index contributed by atoms with van der Waals surface area (Å²) in [6.07, 6.45) is 0. The van der Waals surface area contributed by atoms with Gasteiger partial charge in [0, 0.05) is 38.8 Å². The number of hydrogen-bond acceptors (Lipinski definition) is 5. The molecule has 1 aromatic heterocycles. The number of aryl methyl sites for hydroxylation is 3. The number of carbonyl (C=O) groups is 1. The van der Waals surface area contributed by atoms with Crippen molar-refractivity contribution in [2.24, 2.45) is 0 Å². The van der Waals surface area contributed by atoms with Crippen LogP contribution < -0.4 is 4.74 Å². The van der Waals surface area contributed by atoms with Crippen molar-refractivity contribution in [1.82, 2.24) is 15.0 Å². The Labute approximate surface area is 148 Å². The summed E-state index contributed by atoms with van der Waals surface area (Å²) in [6.45, 7) is 9.85. The lowest BCUT2D eigenvalue weighted by Gasteiger charge is -2.34. The number of rotatable bonds is 5. The fourth-order valence-electron chi connectivity index (χ4n) is 2.97. The van der Waals surface area contributed by atoms with Crippen LogP contribution in [0, 0.1) is 20.8 Å². The zero-order valence-electron chi connectivity index (χ0n) is 15.1. The van der Waals surface area contributed by atoms with Crippen LogP contribution in [0.1, 0.15) is 22.6 Å². The molecule has 6 heteroatoms. The van der Waals surface area contributed by atoms with Gasteiger partial charge in [-0.1, -0.05) is 17.3 Å². The SMILES string of the molecule is Cc1ccc(C)c(OCC(=O)N2CCN(Cc3cc(C)on3)CC2)c1. The van der Waals surface area contributed by atoms with E-state index in [0.29, 0.717) is 13.1 Å². The minimum absolute atomic E-state index is 0.0397. The average Bonchev–Trinajstić information content (AvgIpc) is 3.01. The Bertz CT molecular complexity index is 733. The van der Waals surface area contributed by atoms with Crippen molar-refractivity contribution in [3.63, 3.8) is 0 Å². The Balaban J connectivity index is 1.46. The first-order valence-electron chi connectivity index (χ1n) is 8.63. The number of carbonyl (C=O) groups excluding carboxylic acids is 1. The summed E-state index contributed by atoms with van der Waals surface area (Å²) in [7, 11) is 0. The molecule has 1 aliphatic heterocycles. The van der Waals surface area contributed by atoms with E-state index in [9.17, 15) is 4.79 Å². The first-order chi connectivity index (χ1) is 12.0. The maximum Gasteiger partial charge on any atom is 0.260 e. The first kappa shape index (κ1) is 17.5. The molecule has 0 aliphatic carbocycles. The highest BCUT2D eigenvalue weighted by Crippen LogP contribution is 2.19. The monoisotopic (exact) mass is 343 g/mol. The highest BCUT2D eigenvalue weighted by atomic mass is 16.5. The molecule has 0 atom stereocenters. The Morgan fingerprint density at radius 2 is 1.92 bits per heavy atom. The minimum Gasteiger partial charge on any atom is -0.483 e. The summed E-state index contributed by atoms with van der Waals surface area (Å²) in [6, 6.07) is 7.98. The molecule has 1 saturated heterocycles. The number of hydrogen-bond donors (Lipinski definition) is 0. The molecule has 134 valence electrons. The predicted octanol–water partition coefficient (Wildman–Crippen LogP) is 2.32. The van der Waals surface area contributed by atoms with Crippen molar-refractivity contribution in [2.45, 2.75) is 27.3 Å². The van der Waals surface area contributed by atoms with Crippen LogP contribution in [0.15, 0.2) is 28.8 Å². The van der Waals surface area contributed by atoms with Crippen molar-refractivity contribution >= 4 is 5.91 Å². The van der Waals surface area contributed by atoms with E-state index in [1.807, 2.05) is 49.9 Å². The van der Waals surface area contributed by atoms with Gasteiger partial charge in [0.15, 0.2) is 6.61 Å². The third-order valence-corrected chi connectivity index (χ3v) is 4.48. The highest BCUT2D eigenvalue weighted by molar-refractivity contribution is 5.78. The number of aromatic nitrogens is 1. The summed E-state index contributed by atoms with van der Waals surface area (Å²) in [5.41, 5.74) is 3.12. The van der Waals surface area contributed by atoms with Gasteiger partial charge in [-0.05, 0) is 38.0 Å². The van der Waals surface area contributed by atoms with Gasteiger partial charge in [-0.15, -0.1) is 0 Å². The third kappa shape index (κ3) is 4.60. The van der Waals surface area contributed by atoms with E-state index < -0.39 is 0 Å². The van der Waals surface area contributed by atoms with E-state index in [4.69, 9.17) is 9.26 Å². The lowest BCUT2D eigenvalue weighted by Crippen LogP contribution is -2.49. The van der Waals surface area contributed by atoms with Crippen LogP contribution >= 0.6 is 0 Å². The lowest BCUT2D eigenvalue weighted by molar-refractivity contribution is -0.135. The topological polar surface area (TPSA) is 58.8 Å². The molecule has 2 heterocycles. The fraction of sp³-hybridized carbons (Fsp3) is 0.474. The van der Waals surface area contributed by atoms with Gasteiger partial charge < -0.3 is 14.2 Å². The van der Waals surface area contributed by atoms with Crippen LogP contribution in [-0.2, 0) is 11.3 Å². The Hall–Kier alpha value is -2.34. The van der Waals surface area contributed by atoms with Gasteiger partial charge in [0.05, 0.1) is 5.69 Å². The van der Waals surface area contributed by atoms with Gasteiger partial charge in [0.1, 0.15) is 11.5 Å². The second-order valence-electron chi connectivity index (χ2n) is 6.64. The number of nitrogens with zero attached hydrogens (tertiary/aromatic N) is 3. The zero-order chi connectivity index (χ0) is 17.8. The van der Waals surface area contributed by atoms with E-state index in [1.165, 1.54) is 0 Å². The molecule has 6 nitrogen and oxygen atoms in total. The molecular weight excluding hydrogens is 318 g/mol. The van der Waals surface area contributed by atoms with E-state index >= 15 is 0 Å². The van der Waals surface area contributed by atoms with Crippen LogP contribution in [0.25, 0.3) is 0 Å². The molecule has 0 spiro atoms. The van der Waals surface area contributed by atoms with Crippen LogP contribution in [0.5, 0.6) is 5.75 Å². The summed E-state index contributed by atoms with van der Waals surface area (Å²) < 4.78 is 10.8. The zero-order valence-corrected chi connectivity index (χ0v) is 15.1. The quantitative estimate of drug-likeness (QED) is 0.834. The molecule has 1 amide bonds. The molecular formula is C19H25N3O3. The minimum atomic E-state index is 0.0397. The molecule has 1 fully saturated rings. The maximum absolute atomic E-state index is 12.4. The summed E-state index contributed by atoms with van der Waals surface area (Å²) in [5, 5.41) is 4.03. The van der Waals surface area contributed by atoms with Gasteiger partial charge in [-0.3, -0.25) is 9.69 Å². The number of ether oxygens (including phenoxy) is 1. The molecule has 0 bridgehead atoms. The molecule has 0 saturated carbocycles. The molecule has 0 unspecified atom stereocenters. The highest BCUT2D eigenvalue weighted by Gasteiger charge is 2.22. The number of piperazine rings is 1. The molecule has 25 heavy (non-hydrogen) atoms. The molecule has 1 aliphatic rings. The van der Waals surface area contributed by atoms with E-state index in [-0.39, 0.29) is 12.5 Å². The van der Waals surface area contributed by atoms with E-state index in [1.54, 1.807) is 0 Å². The standard InChI is InChI=1S/C19H25N3O3/c1-14-4-5-15(2)18(10-14)24-13-19(23)22-8-6-21(7-9-22)12-17-11-16(3)25-20-17/h4-5,10-11H,6-9,12-13H2,1-3H3. The van der Waals surface area contributed by atoms with Gasteiger partial charge in [-0.2, -0.15) is 0 Å². The van der Waals surface area contributed by atoms with Gasteiger partial charge in [-0.25, -0.2) is 0 Å². The van der Waals surface area contributed by atoms with Crippen molar-refractivity contribution in [3.8, 4) is 5.75 Å². The van der Waals surface area contributed by atoms with E-state index in [0.717, 1.165) is 48.0 Å². The molecule has 0 N–H and O–H groups in total. The summed E-state index contributed by atoms with van der Waals surface area (Å²) in [5.74, 6) is 1.65. The average molecular weight is 343 g/mol. The molecule has 2 aromatic rings. The van der Waals surface area contributed by atoms with Crippen LogP contribution in [0.3, 0.4) is 0 Å². The lowest BCUT2D eigenvalue weighted by atomic mass is 10.1. The molecule has 0 radical (unpaired) electrons. The van der Waals surface area contributed by atoms with Gasteiger partial charge in [0.2, 0.25) is 0 Å². The van der Waals surface area contributed by atoms with Gasteiger partial charge >= 0.3 is 0 Å². The third-order valence-electron chi connectivity index (χ3n) is 4.48. The van der Waals surface area contributed by atoms with Crippen LogP contribution in [0.2, 0.25) is 0 Å².